The molecule has 0 fully saturated rings. The van der Waals surface area contributed by atoms with Gasteiger partial charge in [-0.3, -0.25) is 0 Å². The summed E-state index contributed by atoms with van der Waals surface area (Å²) in [7, 11) is 0. The van der Waals surface area contributed by atoms with Gasteiger partial charge in [0.1, 0.15) is 5.82 Å². The van der Waals surface area contributed by atoms with Gasteiger partial charge in [0.15, 0.2) is 5.16 Å². The number of aromatic nitrogens is 2. The Morgan fingerprint density at radius 2 is 2.14 bits per heavy atom. The maximum atomic E-state index is 13.7. The summed E-state index contributed by atoms with van der Waals surface area (Å²) < 4.78 is 13.7. The number of hydrogen-bond donors (Lipinski definition) is 1. The average Bonchev–Trinajstić information content (AvgIpc) is 2.88. The van der Waals surface area contributed by atoms with Crippen molar-refractivity contribution in [2.75, 3.05) is 0 Å². The van der Waals surface area contributed by atoms with Crippen LogP contribution in [0.2, 0.25) is 0 Å². The van der Waals surface area contributed by atoms with Crippen LogP contribution in [0, 0.1) is 24.1 Å². The quantitative estimate of drug-likeness (QED) is 0.738. The first kappa shape index (κ1) is 13.7. The van der Waals surface area contributed by atoms with Gasteiger partial charge in [-0.2, -0.15) is 5.26 Å². The number of nitrogens with one attached hydrogen (secondary N) is 1. The second-order valence-electron chi connectivity index (χ2n) is 4.77. The summed E-state index contributed by atoms with van der Waals surface area (Å²) in [5, 5.41) is 9.61. The Kier molecular flexibility index (Phi) is 3.63. The van der Waals surface area contributed by atoms with Crippen molar-refractivity contribution >= 4 is 22.8 Å². The molecule has 0 unspecified atom stereocenters. The van der Waals surface area contributed by atoms with Crippen molar-refractivity contribution in [2.45, 2.75) is 17.8 Å². The molecule has 0 saturated carbocycles. The third-order valence-electron chi connectivity index (χ3n) is 3.15. The van der Waals surface area contributed by atoms with Crippen molar-refractivity contribution in [3.05, 3.63) is 58.9 Å². The molecule has 3 nitrogen and oxygen atoms in total. The van der Waals surface area contributed by atoms with Crippen molar-refractivity contribution < 1.29 is 4.39 Å². The number of rotatable bonds is 3. The molecule has 104 valence electrons. The van der Waals surface area contributed by atoms with Crippen molar-refractivity contribution in [1.82, 2.24) is 9.97 Å². The lowest BCUT2D eigenvalue weighted by Gasteiger charge is -2.01. The molecule has 0 amide bonds. The van der Waals surface area contributed by atoms with Crippen LogP contribution in [0.4, 0.5) is 4.39 Å². The molecule has 21 heavy (non-hydrogen) atoms. The number of imidazole rings is 1. The van der Waals surface area contributed by atoms with Crippen LogP contribution < -0.4 is 0 Å². The summed E-state index contributed by atoms with van der Waals surface area (Å²) in [4.78, 5) is 7.68. The summed E-state index contributed by atoms with van der Waals surface area (Å²) in [5.41, 5.74) is 4.01. The van der Waals surface area contributed by atoms with Crippen LogP contribution in [0.25, 0.3) is 11.0 Å². The van der Waals surface area contributed by atoms with Crippen LogP contribution in [0.15, 0.2) is 41.6 Å². The molecule has 3 rings (SSSR count). The van der Waals surface area contributed by atoms with Crippen LogP contribution in [0.1, 0.15) is 16.7 Å². The smallest absolute Gasteiger partial charge is 0.166 e. The number of benzene rings is 2. The van der Waals surface area contributed by atoms with E-state index in [2.05, 4.69) is 9.97 Å². The van der Waals surface area contributed by atoms with E-state index in [0.29, 0.717) is 16.9 Å². The van der Waals surface area contributed by atoms with E-state index in [1.807, 2.05) is 31.2 Å². The average molecular weight is 297 g/mol. The van der Waals surface area contributed by atoms with Gasteiger partial charge >= 0.3 is 0 Å². The third kappa shape index (κ3) is 2.91. The highest BCUT2D eigenvalue weighted by Crippen LogP contribution is 2.25. The van der Waals surface area contributed by atoms with Crippen LogP contribution in [0.5, 0.6) is 0 Å². The fourth-order valence-corrected chi connectivity index (χ4v) is 2.93. The highest BCUT2D eigenvalue weighted by Gasteiger charge is 2.07. The SMILES string of the molecule is Cc1ccc2nc(SCc3cc(C#N)ccc3F)[nH]c2c1. The maximum absolute atomic E-state index is 13.7. The van der Waals surface area contributed by atoms with Gasteiger partial charge in [-0.05, 0) is 48.4 Å². The zero-order valence-corrected chi connectivity index (χ0v) is 12.2. The van der Waals surface area contributed by atoms with Gasteiger partial charge in [-0.1, -0.05) is 17.8 Å². The molecule has 0 aliphatic heterocycles. The molecule has 5 heteroatoms. The standard InChI is InChI=1S/C16H12FN3S/c1-10-2-5-14-15(6-10)20-16(19-14)21-9-12-7-11(8-18)3-4-13(12)17/h2-7H,9H2,1H3,(H,19,20). The first-order chi connectivity index (χ1) is 10.2. The Balaban J connectivity index is 1.82. The summed E-state index contributed by atoms with van der Waals surface area (Å²) in [6.07, 6.45) is 0. The fraction of sp³-hybridized carbons (Fsp3) is 0.125. The molecular weight excluding hydrogens is 285 g/mol. The van der Waals surface area contributed by atoms with Crippen molar-refractivity contribution in [1.29, 1.82) is 5.26 Å². The van der Waals surface area contributed by atoms with Crippen molar-refractivity contribution in [3.8, 4) is 6.07 Å². The zero-order chi connectivity index (χ0) is 14.8. The molecule has 0 aliphatic rings. The Morgan fingerprint density at radius 1 is 1.29 bits per heavy atom. The molecular formula is C16H12FN3S. The van der Waals surface area contributed by atoms with Crippen molar-refractivity contribution in [2.24, 2.45) is 0 Å². The van der Waals surface area contributed by atoms with Crippen LogP contribution in [-0.2, 0) is 5.75 Å². The summed E-state index contributed by atoms with van der Waals surface area (Å²) in [5.74, 6) is 0.133. The number of aryl methyl sites for hydroxylation is 1. The number of nitriles is 1. The van der Waals surface area contributed by atoms with Gasteiger partial charge in [0.2, 0.25) is 0 Å². The van der Waals surface area contributed by atoms with E-state index in [0.717, 1.165) is 21.8 Å². The second kappa shape index (κ2) is 5.58. The van der Waals surface area contributed by atoms with Gasteiger partial charge in [-0.25, -0.2) is 9.37 Å². The predicted octanol–water partition coefficient (Wildman–Crippen LogP) is 4.17. The molecule has 0 saturated heterocycles. The normalized spacial score (nSPS) is 10.7. The van der Waals surface area contributed by atoms with Gasteiger partial charge in [0.25, 0.3) is 0 Å². The molecule has 0 aliphatic carbocycles. The molecule has 0 bridgehead atoms. The molecule has 3 aromatic rings. The first-order valence-corrected chi connectivity index (χ1v) is 7.42. The number of fused-ring (bicyclic) bond motifs is 1. The molecule has 2 aromatic carbocycles. The highest BCUT2D eigenvalue weighted by atomic mass is 32.2. The Bertz CT molecular complexity index is 848. The Morgan fingerprint density at radius 3 is 2.95 bits per heavy atom. The van der Waals surface area contributed by atoms with E-state index in [1.54, 1.807) is 6.07 Å². The maximum Gasteiger partial charge on any atom is 0.166 e. The van der Waals surface area contributed by atoms with Crippen LogP contribution in [0.3, 0.4) is 0 Å². The second-order valence-corrected chi connectivity index (χ2v) is 5.73. The molecule has 1 heterocycles. The number of nitrogens with zero attached hydrogens (tertiary/aromatic N) is 2. The molecule has 1 aromatic heterocycles. The number of thioether (sulfide) groups is 1. The third-order valence-corrected chi connectivity index (χ3v) is 4.08. The molecule has 0 atom stereocenters. The van der Waals surface area contributed by atoms with Crippen LogP contribution in [-0.4, -0.2) is 9.97 Å². The fourth-order valence-electron chi connectivity index (χ4n) is 2.07. The largest absolute Gasteiger partial charge is 0.333 e. The van der Waals surface area contributed by atoms with E-state index in [1.165, 1.54) is 23.9 Å². The number of hydrogen-bond acceptors (Lipinski definition) is 3. The van der Waals surface area contributed by atoms with Gasteiger partial charge in [-0.15, -0.1) is 0 Å². The zero-order valence-electron chi connectivity index (χ0n) is 11.4. The Hall–Kier alpha value is -2.32. The van der Waals surface area contributed by atoms with Gasteiger partial charge in [0, 0.05) is 5.75 Å². The number of H-pyrrole nitrogens is 1. The highest BCUT2D eigenvalue weighted by molar-refractivity contribution is 7.98. The van der Waals surface area contributed by atoms with E-state index in [4.69, 9.17) is 5.26 Å². The van der Waals surface area contributed by atoms with E-state index in [-0.39, 0.29) is 5.82 Å². The lowest BCUT2D eigenvalue weighted by atomic mass is 10.1. The lowest BCUT2D eigenvalue weighted by molar-refractivity contribution is 0.617. The van der Waals surface area contributed by atoms with Crippen LogP contribution >= 0.6 is 11.8 Å². The number of halogens is 1. The van der Waals surface area contributed by atoms with E-state index in [9.17, 15) is 4.39 Å². The first-order valence-electron chi connectivity index (χ1n) is 6.43. The monoisotopic (exact) mass is 297 g/mol. The predicted molar refractivity (Wildman–Crippen MR) is 81.5 cm³/mol. The van der Waals surface area contributed by atoms with E-state index < -0.39 is 0 Å². The minimum absolute atomic E-state index is 0.298. The van der Waals surface area contributed by atoms with E-state index >= 15 is 0 Å². The van der Waals surface area contributed by atoms with Crippen molar-refractivity contribution in [3.63, 3.8) is 0 Å². The lowest BCUT2D eigenvalue weighted by Crippen LogP contribution is -1.89. The number of aromatic amines is 1. The van der Waals surface area contributed by atoms with Gasteiger partial charge in [0.05, 0.1) is 22.7 Å². The topological polar surface area (TPSA) is 52.5 Å². The summed E-state index contributed by atoms with van der Waals surface area (Å²) in [6.45, 7) is 2.02. The van der Waals surface area contributed by atoms with Gasteiger partial charge < -0.3 is 4.98 Å². The molecule has 1 N–H and O–H groups in total. The molecule has 0 radical (unpaired) electrons. The summed E-state index contributed by atoms with van der Waals surface area (Å²) in [6, 6.07) is 12.4. The minimum atomic E-state index is -0.298. The molecule has 0 spiro atoms. The minimum Gasteiger partial charge on any atom is -0.333 e. The summed E-state index contributed by atoms with van der Waals surface area (Å²) >= 11 is 1.42. The Labute approximate surface area is 125 Å².